The third-order valence-electron chi connectivity index (χ3n) is 11.6. The number of morpholine rings is 1. The van der Waals surface area contributed by atoms with Gasteiger partial charge in [-0.25, -0.2) is 18.0 Å². The van der Waals surface area contributed by atoms with E-state index >= 15 is 8.78 Å². The highest BCUT2D eigenvalue weighted by molar-refractivity contribution is 7.23. The Morgan fingerprint density at radius 3 is 2.80 bits per heavy atom. The zero-order valence-corrected chi connectivity index (χ0v) is 31.8. The van der Waals surface area contributed by atoms with Crippen LogP contribution < -0.4 is 15.4 Å². The molecule has 2 N–H and O–H groups in total. The maximum absolute atomic E-state index is 17.3. The SMILES string of the molecule is CC(C)[C@H]1N(C(=O)n2cnc(F)n2)C[C@@]12CN(c1nc(OC[C@@]34CCCN3C[C@H](F)C4)nc3c(F)c(-c4ccc(F)c5sc(N)c(C#N)c45)c(Cl)cc13)CCO2. The Morgan fingerprint density at radius 1 is 1.23 bits per heavy atom. The summed E-state index contributed by atoms with van der Waals surface area (Å²) in [5.74, 6) is -1.28. The molecule has 4 saturated heterocycles. The lowest BCUT2D eigenvalue weighted by Gasteiger charge is -2.61. The maximum Gasteiger partial charge on any atom is 0.346 e. The largest absolute Gasteiger partial charge is 0.461 e. The van der Waals surface area contributed by atoms with Gasteiger partial charge in [-0.2, -0.15) is 29.3 Å². The van der Waals surface area contributed by atoms with Crippen LogP contribution in [0.3, 0.4) is 0 Å². The van der Waals surface area contributed by atoms with Crippen molar-refractivity contribution in [2.24, 2.45) is 5.92 Å². The van der Waals surface area contributed by atoms with Gasteiger partial charge in [0.2, 0.25) is 0 Å². The summed E-state index contributed by atoms with van der Waals surface area (Å²) < 4.78 is 74.3. The number of rotatable bonds is 6. The average Bonchev–Trinajstić information content (AvgIpc) is 3.92. The van der Waals surface area contributed by atoms with Crippen LogP contribution in [0.25, 0.3) is 32.1 Å². The lowest BCUT2D eigenvalue weighted by molar-refractivity contribution is -0.186. The molecule has 4 fully saturated rings. The number of ether oxygens (including phenoxy) is 2. The van der Waals surface area contributed by atoms with Crippen molar-refractivity contribution in [3.05, 3.63) is 52.8 Å². The molecular formula is C37H35ClF4N10O3S. The first-order valence-electron chi connectivity index (χ1n) is 18.2. The number of hydrogen-bond acceptors (Lipinski definition) is 12. The highest BCUT2D eigenvalue weighted by Gasteiger charge is 2.59. The summed E-state index contributed by atoms with van der Waals surface area (Å²) in [4.78, 5) is 31.8. The summed E-state index contributed by atoms with van der Waals surface area (Å²) in [5, 5.41) is 13.9. The molecule has 3 aromatic heterocycles. The summed E-state index contributed by atoms with van der Waals surface area (Å²) in [6, 6.07) is 4.93. The van der Waals surface area contributed by atoms with E-state index in [1.165, 1.54) is 18.2 Å². The number of hydrogen-bond donors (Lipinski definition) is 1. The molecule has 9 rings (SSSR count). The van der Waals surface area contributed by atoms with Crippen LogP contribution in [-0.2, 0) is 4.74 Å². The molecule has 4 aliphatic heterocycles. The van der Waals surface area contributed by atoms with Gasteiger partial charge in [-0.15, -0.1) is 16.4 Å². The van der Waals surface area contributed by atoms with Crippen molar-refractivity contribution in [2.45, 2.75) is 56.5 Å². The first-order chi connectivity index (χ1) is 26.8. The molecule has 1 amide bonds. The highest BCUT2D eigenvalue weighted by Crippen LogP contribution is 2.47. The fourth-order valence-electron chi connectivity index (χ4n) is 9.40. The molecule has 0 radical (unpaired) electrons. The molecular weight excluding hydrogens is 776 g/mol. The van der Waals surface area contributed by atoms with Gasteiger partial charge in [-0.3, -0.25) is 4.90 Å². The number of fused-ring (bicyclic) bond motifs is 3. The van der Waals surface area contributed by atoms with Crippen LogP contribution in [-0.4, -0.2) is 110 Å². The van der Waals surface area contributed by atoms with E-state index in [1.54, 1.807) is 4.90 Å². The van der Waals surface area contributed by atoms with Gasteiger partial charge in [0.1, 0.15) is 52.9 Å². The van der Waals surface area contributed by atoms with E-state index < -0.39 is 47.1 Å². The average molecular weight is 811 g/mol. The predicted octanol–water partition coefficient (Wildman–Crippen LogP) is 6.17. The Balaban J connectivity index is 1.15. The standard InChI is InChI=1S/C37H35ClF4N10O3S/c1-18(2)30-37(15-51(30)35(53)52-17-45-33(42)48-52)14-49(8-9-55-37)32-21-10-23(38)26(20-4-5-24(40)29-25(20)22(12-43)31(44)56-29)27(41)28(21)46-34(47-32)54-16-36-6-3-7-50(36)13-19(39)11-36/h4-5,10,17-19,30H,3,6-9,11,13-16,44H2,1-2H3/t19-,30-,36+,37+/m1/s1. The smallest absolute Gasteiger partial charge is 0.346 e. The molecule has 4 aliphatic rings. The van der Waals surface area contributed by atoms with Crippen LogP contribution >= 0.6 is 22.9 Å². The number of thiophene rings is 1. The van der Waals surface area contributed by atoms with Crippen molar-refractivity contribution in [1.29, 1.82) is 5.26 Å². The van der Waals surface area contributed by atoms with Crippen molar-refractivity contribution >= 4 is 60.8 Å². The number of aromatic nitrogens is 5. The Kier molecular flexibility index (Phi) is 8.80. The quantitative estimate of drug-likeness (QED) is 0.196. The second-order valence-electron chi connectivity index (χ2n) is 15.3. The van der Waals surface area contributed by atoms with Gasteiger partial charge in [0, 0.05) is 35.8 Å². The number of alkyl halides is 1. The van der Waals surface area contributed by atoms with E-state index in [9.17, 15) is 18.8 Å². The van der Waals surface area contributed by atoms with Crippen LogP contribution in [0.2, 0.25) is 5.02 Å². The Morgan fingerprint density at radius 2 is 2.05 bits per heavy atom. The van der Waals surface area contributed by atoms with E-state index in [0.717, 1.165) is 41.7 Å². The van der Waals surface area contributed by atoms with Crippen LogP contribution in [0.1, 0.15) is 38.7 Å². The van der Waals surface area contributed by atoms with Crippen LogP contribution in [0, 0.1) is 35.0 Å². The zero-order chi connectivity index (χ0) is 39.3. The third-order valence-corrected chi connectivity index (χ3v) is 13.0. The van der Waals surface area contributed by atoms with Crippen molar-refractivity contribution in [3.63, 3.8) is 0 Å². The molecule has 13 nitrogen and oxygen atoms in total. The van der Waals surface area contributed by atoms with E-state index in [1.807, 2.05) is 24.8 Å². The number of carbonyl (C=O) groups is 1. The van der Waals surface area contributed by atoms with Gasteiger partial charge in [-0.05, 0) is 43.0 Å². The molecule has 1 spiro atoms. The second kappa shape index (κ2) is 13.4. The van der Waals surface area contributed by atoms with E-state index in [2.05, 4.69) is 20.0 Å². The Hall–Kier alpha value is -4.83. The van der Waals surface area contributed by atoms with Crippen molar-refractivity contribution in [2.75, 3.05) is 56.6 Å². The fraction of sp³-hybridized carbons (Fsp3) is 0.459. The van der Waals surface area contributed by atoms with Gasteiger partial charge in [0.05, 0.1) is 46.6 Å². The summed E-state index contributed by atoms with van der Waals surface area (Å²) in [7, 11) is 0. The van der Waals surface area contributed by atoms with Crippen LogP contribution in [0.15, 0.2) is 24.5 Å². The van der Waals surface area contributed by atoms with E-state index in [-0.39, 0.29) is 85.9 Å². The van der Waals surface area contributed by atoms with Gasteiger partial charge in [0.15, 0.2) is 5.82 Å². The first-order valence-corrected chi connectivity index (χ1v) is 19.4. The number of carbonyl (C=O) groups excluding carboxylic acids is 1. The Labute approximate surface area is 326 Å². The molecule has 5 aromatic rings. The molecule has 0 aliphatic carbocycles. The number of amides is 1. The topological polar surface area (TPSA) is 152 Å². The van der Waals surface area contributed by atoms with Crippen molar-refractivity contribution in [1.82, 2.24) is 34.5 Å². The van der Waals surface area contributed by atoms with Crippen LogP contribution in [0.4, 0.5) is 33.2 Å². The molecule has 2 aromatic carbocycles. The van der Waals surface area contributed by atoms with Gasteiger partial charge in [0.25, 0.3) is 0 Å². The summed E-state index contributed by atoms with van der Waals surface area (Å²) in [6.07, 6.45) is 0.910. The summed E-state index contributed by atoms with van der Waals surface area (Å²) in [5.41, 5.74) is 4.58. The number of benzene rings is 2. The zero-order valence-electron chi connectivity index (χ0n) is 30.2. The van der Waals surface area contributed by atoms with Gasteiger partial charge in [-0.1, -0.05) is 31.5 Å². The van der Waals surface area contributed by atoms with Crippen LogP contribution in [0.5, 0.6) is 6.01 Å². The maximum atomic E-state index is 17.3. The first kappa shape index (κ1) is 36.8. The number of likely N-dealkylation sites (tertiary alicyclic amines) is 1. The predicted molar refractivity (Wildman–Crippen MR) is 200 cm³/mol. The highest BCUT2D eigenvalue weighted by atomic mass is 35.5. The minimum Gasteiger partial charge on any atom is -0.461 e. The van der Waals surface area contributed by atoms with Crippen molar-refractivity contribution in [3.8, 4) is 23.2 Å². The molecule has 4 atom stereocenters. The second-order valence-corrected chi connectivity index (χ2v) is 16.7. The fourth-order valence-corrected chi connectivity index (χ4v) is 10.6. The molecule has 19 heteroatoms. The molecule has 0 bridgehead atoms. The molecule has 292 valence electrons. The minimum atomic E-state index is -1.02. The number of nitrogens with two attached hydrogens (primary N) is 1. The number of nitrogen functional groups attached to an aromatic ring is 1. The summed E-state index contributed by atoms with van der Waals surface area (Å²) >= 11 is 7.82. The molecule has 0 saturated carbocycles. The van der Waals surface area contributed by atoms with Crippen molar-refractivity contribution < 1.29 is 31.8 Å². The normalized spacial score (nSPS) is 25.1. The molecule has 56 heavy (non-hydrogen) atoms. The monoisotopic (exact) mass is 810 g/mol. The number of anilines is 2. The summed E-state index contributed by atoms with van der Waals surface area (Å²) in [6.45, 7) is 5.94. The minimum absolute atomic E-state index is 0.00543. The Bertz CT molecular complexity index is 2480. The number of nitriles is 1. The van der Waals surface area contributed by atoms with E-state index in [4.69, 9.17) is 31.8 Å². The number of halogens is 5. The lowest BCUT2D eigenvalue weighted by Crippen LogP contribution is -2.79. The molecule has 7 heterocycles. The van der Waals surface area contributed by atoms with Gasteiger partial charge < -0.3 is 25.0 Å². The van der Waals surface area contributed by atoms with Gasteiger partial charge >= 0.3 is 18.1 Å². The third kappa shape index (κ3) is 5.64. The molecule has 0 unspecified atom stereocenters. The number of nitrogens with zero attached hydrogens (tertiary/aromatic N) is 9. The van der Waals surface area contributed by atoms with E-state index in [0.29, 0.717) is 25.3 Å². The lowest BCUT2D eigenvalue weighted by atomic mass is 9.75.